The van der Waals surface area contributed by atoms with Crippen molar-refractivity contribution in [1.29, 1.82) is 0 Å². The van der Waals surface area contributed by atoms with Crippen molar-refractivity contribution in [3.63, 3.8) is 0 Å². The zero-order chi connectivity index (χ0) is 11.0. The van der Waals surface area contributed by atoms with Crippen LogP contribution in [0, 0.1) is 0 Å². The van der Waals surface area contributed by atoms with Gasteiger partial charge < -0.3 is 10.0 Å². The van der Waals surface area contributed by atoms with Crippen LogP contribution in [-0.2, 0) is 4.79 Å². The Balaban J connectivity index is 3.89. The van der Waals surface area contributed by atoms with E-state index in [9.17, 15) is 4.79 Å². The highest BCUT2D eigenvalue weighted by molar-refractivity contribution is 5.66. The summed E-state index contributed by atoms with van der Waals surface area (Å²) >= 11 is 0. The zero-order valence-electron chi connectivity index (χ0n) is 9.62. The van der Waals surface area contributed by atoms with E-state index in [-0.39, 0.29) is 6.42 Å². The molecule has 0 amide bonds. The molecule has 0 aliphatic carbocycles. The average Bonchev–Trinajstić information content (AvgIpc) is 2.16. The Morgan fingerprint density at radius 3 is 2.43 bits per heavy atom. The van der Waals surface area contributed by atoms with E-state index in [2.05, 4.69) is 25.7 Å². The molecule has 0 aromatic heterocycles. The third-order valence-electron chi connectivity index (χ3n) is 2.63. The molecule has 0 saturated carbocycles. The minimum Gasteiger partial charge on any atom is -0.481 e. The molecule has 0 spiro atoms. The van der Waals surface area contributed by atoms with E-state index in [0.29, 0.717) is 12.6 Å². The number of carboxylic acid groups (broad SMARTS) is 1. The van der Waals surface area contributed by atoms with Crippen molar-refractivity contribution in [3.05, 3.63) is 0 Å². The fourth-order valence-corrected chi connectivity index (χ4v) is 1.41. The lowest BCUT2D eigenvalue weighted by Crippen LogP contribution is -2.35. The molecule has 0 rings (SSSR count). The van der Waals surface area contributed by atoms with Crippen LogP contribution in [0.4, 0.5) is 0 Å². The minimum atomic E-state index is -0.699. The van der Waals surface area contributed by atoms with Gasteiger partial charge in [0.1, 0.15) is 0 Å². The van der Waals surface area contributed by atoms with E-state index >= 15 is 0 Å². The lowest BCUT2D eigenvalue weighted by atomic mass is 10.2. The molecule has 0 saturated heterocycles. The molecular formula is C11H23NO2. The van der Waals surface area contributed by atoms with Gasteiger partial charge in [0.15, 0.2) is 0 Å². The van der Waals surface area contributed by atoms with Crippen molar-refractivity contribution in [2.45, 2.75) is 52.5 Å². The predicted molar refractivity (Wildman–Crippen MR) is 58.5 cm³/mol. The van der Waals surface area contributed by atoms with Crippen LogP contribution in [0.2, 0.25) is 0 Å². The van der Waals surface area contributed by atoms with E-state index in [1.807, 2.05) is 0 Å². The zero-order valence-corrected chi connectivity index (χ0v) is 9.62. The Labute approximate surface area is 87.1 Å². The van der Waals surface area contributed by atoms with Gasteiger partial charge in [-0.25, -0.2) is 0 Å². The van der Waals surface area contributed by atoms with Crippen LogP contribution in [0.25, 0.3) is 0 Å². The lowest BCUT2D eigenvalue weighted by molar-refractivity contribution is -0.137. The SMILES string of the molecule is CCCCN(CCC(=O)O)C(C)CC. The summed E-state index contributed by atoms with van der Waals surface area (Å²) < 4.78 is 0. The lowest BCUT2D eigenvalue weighted by Gasteiger charge is -2.27. The summed E-state index contributed by atoms with van der Waals surface area (Å²) in [6, 6.07) is 0.501. The number of rotatable bonds is 8. The fraction of sp³-hybridized carbons (Fsp3) is 0.909. The molecule has 1 unspecified atom stereocenters. The van der Waals surface area contributed by atoms with E-state index in [1.165, 1.54) is 6.42 Å². The Morgan fingerprint density at radius 1 is 1.36 bits per heavy atom. The molecule has 0 aliphatic rings. The van der Waals surface area contributed by atoms with E-state index in [0.717, 1.165) is 19.4 Å². The first kappa shape index (κ1) is 13.4. The summed E-state index contributed by atoms with van der Waals surface area (Å²) in [5.74, 6) is -0.699. The fourth-order valence-electron chi connectivity index (χ4n) is 1.41. The Kier molecular flexibility index (Phi) is 7.48. The number of carbonyl (C=O) groups is 1. The Morgan fingerprint density at radius 2 is 2.00 bits per heavy atom. The molecule has 0 radical (unpaired) electrons. The molecule has 14 heavy (non-hydrogen) atoms. The van der Waals surface area contributed by atoms with E-state index < -0.39 is 5.97 Å². The maximum absolute atomic E-state index is 10.5. The maximum Gasteiger partial charge on any atom is 0.304 e. The van der Waals surface area contributed by atoms with Gasteiger partial charge in [-0.1, -0.05) is 20.3 Å². The van der Waals surface area contributed by atoms with Gasteiger partial charge in [-0.05, 0) is 26.3 Å². The first-order valence-electron chi connectivity index (χ1n) is 5.57. The van der Waals surface area contributed by atoms with Crippen LogP contribution < -0.4 is 0 Å². The Bertz CT molecular complexity index is 159. The van der Waals surface area contributed by atoms with Crippen LogP contribution in [0.1, 0.15) is 46.5 Å². The van der Waals surface area contributed by atoms with E-state index in [1.54, 1.807) is 0 Å². The quantitative estimate of drug-likeness (QED) is 0.655. The summed E-state index contributed by atoms with van der Waals surface area (Å²) in [7, 11) is 0. The average molecular weight is 201 g/mol. The van der Waals surface area contributed by atoms with Crippen LogP contribution in [0.5, 0.6) is 0 Å². The first-order valence-corrected chi connectivity index (χ1v) is 5.57. The molecule has 0 heterocycles. The van der Waals surface area contributed by atoms with Crippen LogP contribution >= 0.6 is 0 Å². The van der Waals surface area contributed by atoms with Gasteiger partial charge in [0.2, 0.25) is 0 Å². The summed E-state index contributed by atoms with van der Waals surface area (Å²) in [5, 5.41) is 8.62. The van der Waals surface area contributed by atoms with Gasteiger partial charge in [0.05, 0.1) is 6.42 Å². The molecule has 84 valence electrons. The van der Waals surface area contributed by atoms with Crippen molar-refractivity contribution in [2.75, 3.05) is 13.1 Å². The molecule has 3 heteroatoms. The second-order valence-corrected chi connectivity index (χ2v) is 3.79. The van der Waals surface area contributed by atoms with Crippen LogP contribution in [-0.4, -0.2) is 35.1 Å². The van der Waals surface area contributed by atoms with Crippen molar-refractivity contribution in [1.82, 2.24) is 4.90 Å². The molecular weight excluding hydrogens is 178 g/mol. The molecule has 3 nitrogen and oxygen atoms in total. The van der Waals surface area contributed by atoms with E-state index in [4.69, 9.17) is 5.11 Å². The number of carboxylic acids is 1. The van der Waals surface area contributed by atoms with Gasteiger partial charge in [-0.2, -0.15) is 0 Å². The molecule has 1 N–H and O–H groups in total. The number of unbranched alkanes of at least 4 members (excludes halogenated alkanes) is 1. The van der Waals surface area contributed by atoms with Gasteiger partial charge in [0, 0.05) is 12.6 Å². The minimum absolute atomic E-state index is 0.258. The summed E-state index contributed by atoms with van der Waals surface area (Å²) in [4.78, 5) is 12.7. The molecule has 0 aliphatic heterocycles. The monoisotopic (exact) mass is 201 g/mol. The Hall–Kier alpha value is -0.570. The standard InChI is InChI=1S/C11H23NO2/c1-4-6-8-12(10(3)5-2)9-7-11(13)14/h10H,4-9H2,1-3H3,(H,13,14). The number of nitrogens with zero attached hydrogens (tertiary/aromatic N) is 1. The smallest absolute Gasteiger partial charge is 0.304 e. The van der Waals surface area contributed by atoms with Gasteiger partial charge in [0.25, 0.3) is 0 Å². The van der Waals surface area contributed by atoms with Gasteiger partial charge >= 0.3 is 5.97 Å². The highest BCUT2D eigenvalue weighted by atomic mass is 16.4. The summed E-state index contributed by atoms with van der Waals surface area (Å²) in [5.41, 5.74) is 0. The molecule has 0 aromatic carbocycles. The van der Waals surface area contributed by atoms with Crippen molar-refractivity contribution in [2.24, 2.45) is 0 Å². The van der Waals surface area contributed by atoms with Crippen molar-refractivity contribution < 1.29 is 9.90 Å². The third kappa shape index (κ3) is 5.97. The normalized spacial score (nSPS) is 13.1. The molecule has 0 bridgehead atoms. The third-order valence-corrected chi connectivity index (χ3v) is 2.63. The largest absolute Gasteiger partial charge is 0.481 e. The maximum atomic E-state index is 10.5. The highest BCUT2D eigenvalue weighted by Crippen LogP contribution is 2.06. The number of hydrogen-bond donors (Lipinski definition) is 1. The van der Waals surface area contributed by atoms with Crippen LogP contribution in [0.3, 0.4) is 0 Å². The topological polar surface area (TPSA) is 40.5 Å². The molecule has 0 aromatic rings. The number of hydrogen-bond acceptors (Lipinski definition) is 2. The summed E-state index contributed by atoms with van der Waals surface area (Å²) in [6.45, 7) is 8.18. The summed E-state index contributed by atoms with van der Waals surface area (Å²) in [6.07, 6.45) is 3.67. The second-order valence-electron chi connectivity index (χ2n) is 3.79. The first-order chi connectivity index (χ1) is 6.61. The number of aliphatic carboxylic acids is 1. The molecule has 1 atom stereocenters. The predicted octanol–water partition coefficient (Wildman–Crippen LogP) is 2.36. The molecule has 0 fully saturated rings. The van der Waals surface area contributed by atoms with Gasteiger partial charge in [-0.3, -0.25) is 4.79 Å². The van der Waals surface area contributed by atoms with Crippen molar-refractivity contribution >= 4 is 5.97 Å². The highest BCUT2D eigenvalue weighted by Gasteiger charge is 2.12. The van der Waals surface area contributed by atoms with Gasteiger partial charge in [-0.15, -0.1) is 0 Å². The van der Waals surface area contributed by atoms with Crippen LogP contribution in [0.15, 0.2) is 0 Å². The van der Waals surface area contributed by atoms with Crippen molar-refractivity contribution in [3.8, 4) is 0 Å². The second kappa shape index (κ2) is 7.80.